The summed E-state index contributed by atoms with van der Waals surface area (Å²) < 4.78 is 0. The van der Waals surface area contributed by atoms with Crippen LogP contribution in [0.15, 0.2) is 41.5 Å². The molecule has 0 saturated heterocycles. The molecule has 0 spiro atoms. The van der Waals surface area contributed by atoms with Gasteiger partial charge in [0.15, 0.2) is 5.84 Å². The van der Waals surface area contributed by atoms with Gasteiger partial charge in [0.05, 0.1) is 6.04 Å². The fraction of sp³-hybridized carbons (Fsp3) is 0.412. The fourth-order valence-electron chi connectivity index (χ4n) is 2.23. The molecule has 0 bridgehead atoms. The molecule has 5 heteroatoms. The number of nitrogens with one attached hydrogen (secondary N) is 2. The lowest BCUT2D eigenvalue weighted by Crippen LogP contribution is -2.38. The summed E-state index contributed by atoms with van der Waals surface area (Å²) in [4.78, 5) is 16.0. The van der Waals surface area contributed by atoms with Crippen LogP contribution in [-0.2, 0) is 4.79 Å². The van der Waals surface area contributed by atoms with Crippen LogP contribution < -0.4 is 16.4 Å². The van der Waals surface area contributed by atoms with E-state index in [4.69, 9.17) is 5.73 Å². The van der Waals surface area contributed by atoms with Gasteiger partial charge >= 0.3 is 0 Å². The first-order valence-corrected chi connectivity index (χ1v) is 7.67. The molecule has 0 heterocycles. The highest BCUT2D eigenvalue weighted by molar-refractivity contribution is 6.37. The first-order chi connectivity index (χ1) is 10.6. The molecule has 1 atom stereocenters. The molecule has 4 N–H and O–H groups in total. The Labute approximate surface area is 131 Å². The average molecular weight is 300 g/mol. The topological polar surface area (TPSA) is 79.5 Å². The minimum atomic E-state index is -0.341. The lowest BCUT2D eigenvalue weighted by Gasteiger charge is -2.15. The van der Waals surface area contributed by atoms with E-state index in [-0.39, 0.29) is 24.5 Å². The normalized spacial score (nSPS) is 16.5. The van der Waals surface area contributed by atoms with Gasteiger partial charge in [0.2, 0.25) is 0 Å². The average Bonchev–Trinajstić information content (AvgIpc) is 3.36. The van der Waals surface area contributed by atoms with Gasteiger partial charge in [-0.1, -0.05) is 30.3 Å². The van der Waals surface area contributed by atoms with E-state index in [1.165, 1.54) is 18.4 Å². The Bertz CT molecular complexity index is 576. The van der Waals surface area contributed by atoms with E-state index in [1.807, 2.05) is 32.1 Å². The van der Waals surface area contributed by atoms with Crippen molar-refractivity contribution in [2.24, 2.45) is 10.7 Å². The Hall–Kier alpha value is -2.30. The van der Waals surface area contributed by atoms with Crippen LogP contribution in [-0.4, -0.2) is 18.4 Å². The van der Waals surface area contributed by atoms with Crippen molar-refractivity contribution in [3.63, 3.8) is 0 Å². The molecule has 0 aliphatic heterocycles. The molecule has 1 aromatic carbocycles. The van der Waals surface area contributed by atoms with Crippen molar-refractivity contribution in [2.75, 3.05) is 6.67 Å². The van der Waals surface area contributed by atoms with Crippen LogP contribution in [0.2, 0.25) is 0 Å². The molecule has 1 amide bonds. The predicted octanol–water partition coefficient (Wildman–Crippen LogP) is 2.18. The van der Waals surface area contributed by atoms with Gasteiger partial charge < -0.3 is 16.4 Å². The first-order valence-electron chi connectivity index (χ1n) is 7.67. The molecule has 0 radical (unpaired) electrons. The summed E-state index contributed by atoms with van der Waals surface area (Å²) in [5, 5.41) is 5.79. The number of hydrogen-bond donors (Lipinski definition) is 3. The second-order valence-corrected chi connectivity index (χ2v) is 5.55. The molecule has 0 aromatic heterocycles. The maximum Gasteiger partial charge on any atom is 0.286 e. The number of amides is 1. The minimum absolute atomic E-state index is 0.0119. The summed E-state index contributed by atoms with van der Waals surface area (Å²) in [5.41, 5.74) is 8.14. The molecule has 1 fully saturated rings. The third-order valence-corrected chi connectivity index (χ3v) is 3.66. The van der Waals surface area contributed by atoms with E-state index >= 15 is 0 Å². The summed E-state index contributed by atoms with van der Waals surface area (Å²) >= 11 is 0. The highest BCUT2D eigenvalue weighted by Gasteiger charge is 2.24. The maximum atomic E-state index is 12.0. The molecule has 1 saturated carbocycles. The van der Waals surface area contributed by atoms with Crippen LogP contribution in [0.3, 0.4) is 0 Å². The van der Waals surface area contributed by atoms with Gasteiger partial charge in [0.1, 0.15) is 6.67 Å². The van der Waals surface area contributed by atoms with Gasteiger partial charge in [-0.3, -0.25) is 4.79 Å². The van der Waals surface area contributed by atoms with E-state index in [2.05, 4.69) is 27.8 Å². The Morgan fingerprint density at radius 2 is 2.27 bits per heavy atom. The van der Waals surface area contributed by atoms with Gasteiger partial charge in [0, 0.05) is 0 Å². The monoisotopic (exact) mass is 300 g/mol. The van der Waals surface area contributed by atoms with Crippen LogP contribution >= 0.6 is 0 Å². The van der Waals surface area contributed by atoms with Crippen molar-refractivity contribution in [1.29, 1.82) is 0 Å². The van der Waals surface area contributed by atoms with E-state index < -0.39 is 0 Å². The zero-order valence-electron chi connectivity index (χ0n) is 13.2. The second-order valence-electron chi connectivity index (χ2n) is 5.55. The van der Waals surface area contributed by atoms with Crippen LogP contribution in [0, 0.1) is 0 Å². The molecule has 5 nitrogen and oxygen atoms in total. The number of carbonyl (C=O) groups excluding carboxylic acids is 1. The third-order valence-electron chi connectivity index (χ3n) is 3.66. The Morgan fingerprint density at radius 3 is 2.95 bits per heavy atom. The predicted molar refractivity (Wildman–Crippen MR) is 89.4 cm³/mol. The summed E-state index contributed by atoms with van der Waals surface area (Å²) in [5.74, 6) is 0.348. The van der Waals surface area contributed by atoms with Crippen molar-refractivity contribution < 1.29 is 4.79 Å². The number of nitrogens with zero attached hydrogens (tertiary/aromatic N) is 1. The molecule has 1 aliphatic carbocycles. The zero-order valence-corrected chi connectivity index (χ0v) is 13.2. The van der Waals surface area contributed by atoms with E-state index in [9.17, 15) is 4.79 Å². The van der Waals surface area contributed by atoms with Crippen molar-refractivity contribution in [2.45, 2.75) is 38.6 Å². The standard InChI is InChI=1S/C17H24N4O/c1-3-9-19-11-20-16(18)17(22)21-12(2)14-5-4-6-15(10-14)13-7-8-13/h3-6,9-10,12-13,19H,7-8,11H2,1-2H3,(H2,18,20)(H,21,22)/b9-3-/t12-/m1/s1. The smallest absolute Gasteiger partial charge is 0.286 e. The summed E-state index contributed by atoms with van der Waals surface area (Å²) in [7, 11) is 0. The van der Waals surface area contributed by atoms with Crippen molar-refractivity contribution >= 4 is 11.7 Å². The number of benzene rings is 1. The lowest BCUT2D eigenvalue weighted by atomic mass is 10.0. The van der Waals surface area contributed by atoms with Crippen LogP contribution in [0.5, 0.6) is 0 Å². The van der Waals surface area contributed by atoms with Gasteiger partial charge in [-0.2, -0.15) is 0 Å². The number of aliphatic imine (C=N–C) groups is 1. The van der Waals surface area contributed by atoms with Gasteiger partial charge in [0.25, 0.3) is 5.91 Å². The highest BCUT2D eigenvalue weighted by Crippen LogP contribution is 2.40. The van der Waals surface area contributed by atoms with Crippen LogP contribution in [0.4, 0.5) is 0 Å². The summed E-state index contributed by atoms with van der Waals surface area (Å²) in [6.07, 6.45) is 6.13. The molecule has 22 heavy (non-hydrogen) atoms. The maximum absolute atomic E-state index is 12.0. The molecular formula is C17H24N4O. The minimum Gasteiger partial charge on any atom is -0.379 e. The number of allylic oxidation sites excluding steroid dienone is 1. The second kappa shape index (κ2) is 7.64. The van der Waals surface area contributed by atoms with Gasteiger partial charge in [-0.15, -0.1) is 0 Å². The van der Waals surface area contributed by atoms with Crippen molar-refractivity contribution in [1.82, 2.24) is 10.6 Å². The number of amidine groups is 1. The fourth-order valence-corrected chi connectivity index (χ4v) is 2.23. The molecule has 2 rings (SSSR count). The number of hydrogen-bond acceptors (Lipinski definition) is 3. The first kappa shape index (κ1) is 16.1. The molecule has 118 valence electrons. The van der Waals surface area contributed by atoms with E-state index in [0.717, 1.165) is 5.56 Å². The molecule has 1 aromatic rings. The number of nitrogens with two attached hydrogens (primary N) is 1. The Balaban J connectivity index is 1.91. The Kier molecular flexibility index (Phi) is 5.58. The number of carbonyl (C=O) groups is 1. The van der Waals surface area contributed by atoms with E-state index in [1.54, 1.807) is 6.20 Å². The highest BCUT2D eigenvalue weighted by atomic mass is 16.2. The van der Waals surface area contributed by atoms with Crippen LogP contribution in [0.25, 0.3) is 0 Å². The summed E-state index contributed by atoms with van der Waals surface area (Å²) in [6.45, 7) is 4.13. The third kappa shape index (κ3) is 4.62. The number of rotatable bonds is 6. The van der Waals surface area contributed by atoms with Crippen molar-refractivity contribution in [3.8, 4) is 0 Å². The van der Waals surface area contributed by atoms with Crippen LogP contribution in [0.1, 0.15) is 49.8 Å². The largest absolute Gasteiger partial charge is 0.379 e. The Morgan fingerprint density at radius 1 is 1.50 bits per heavy atom. The molecular weight excluding hydrogens is 276 g/mol. The summed E-state index contributed by atoms with van der Waals surface area (Å²) in [6, 6.07) is 8.30. The lowest BCUT2D eigenvalue weighted by molar-refractivity contribution is -0.115. The van der Waals surface area contributed by atoms with E-state index in [0.29, 0.717) is 5.92 Å². The SMILES string of the molecule is C/C=C\NCN=C(N)C(=O)N[C@H](C)c1cccc(C2CC2)c1. The quantitative estimate of drug-likeness (QED) is 0.428. The zero-order chi connectivity index (χ0) is 15.9. The molecule has 1 aliphatic rings. The molecule has 0 unspecified atom stereocenters. The van der Waals surface area contributed by atoms with Crippen molar-refractivity contribution in [3.05, 3.63) is 47.7 Å². The van der Waals surface area contributed by atoms with Gasteiger partial charge in [-0.05, 0) is 49.9 Å². The van der Waals surface area contributed by atoms with Gasteiger partial charge in [-0.25, -0.2) is 4.99 Å².